The van der Waals surface area contributed by atoms with Gasteiger partial charge in [0.05, 0.1) is 13.1 Å². The van der Waals surface area contributed by atoms with Crippen LogP contribution in [0.1, 0.15) is 6.92 Å². The smallest absolute Gasteiger partial charge is 0.415 e. The van der Waals surface area contributed by atoms with Gasteiger partial charge in [0.1, 0.15) is 11.8 Å². The summed E-state index contributed by atoms with van der Waals surface area (Å²) in [4.78, 5) is 16.2. The molecule has 0 amide bonds. The fourth-order valence-electron chi connectivity index (χ4n) is 2.64. The van der Waals surface area contributed by atoms with E-state index in [1.54, 1.807) is 4.57 Å². The number of fused-ring (bicyclic) bond motifs is 1. The second kappa shape index (κ2) is 4.76. The van der Waals surface area contributed by atoms with Crippen molar-refractivity contribution in [1.82, 2.24) is 9.55 Å². The highest BCUT2D eigenvalue weighted by molar-refractivity contribution is 5.45. The number of likely N-dealkylation sites (N-methyl/N-ethyl adjacent to an activating group) is 1. The quantitative estimate of drug-likeness (QED) is 0.636. The molecule has 21 heavy (non-hydrogen) atoms. The molecular weight excluding hydrogens is 272 g/mol. The van der Waals surface area contributed by atoms with Crippen LogP contribution in [0.2, 0.25) is 0 Å². The van der Waals surface area contributed by atoms with E-state index in [9.17, 15) is 10.1 Å². The van der Waals surface area contributed by atoms with Gasteiger partial charge < -0.3 is 19.8 Å². The van der Waals surface area contributed by atoms with Crippen molar-refractivity contribution in [3.05, 3.63) is 46.6 Å². The zero-order chi connectivity index (χ0) is 15.0. The van der Waals surface area contributed by atoms with Crippen LogP contribution >= 0.6 is 0 Å². The Labute approximate surface area is 121 Å². The van der Waals surface area contributed by atoms with Gasteiger partial charge in [-0.1, -0.05) is 18.2 Å². The summed E-state index contributed by atoms with van der Waals surface area (Å²) in [6.07, 6.45) is 1.42. The summed E-state index contributed by atoms with van der Waals surface area (Å²) < 4.78 is 7.51. The lowest BCUT2D eigenvalue weighted by Crippen LogP contribution is -2.43. The van der Waals surface area contributed by atoms with Gasteiger partial charge in [0.15, 0.2) is 0 Å². The lowest BCUT2D eigenvalue weighted by molar-refractivity contribution is -0.389. The van der Waals surface area contributed by atoms with E-state index in [0.717, 1.165) is 5.69 Å². The topological polar surface area (TPSA) is 73.4 Å². The number of para-hydroxylation sites is 1. The number of ether oxygens (including phenoxy) is 1. The molecule has 2 heterocycles. The minimum absolute atomic E-state index is 0.177. The summed E-state index contributed by atoms with van der Waals surface area (Å²) >= 11 is 0. The second-order valence-corrected chi connectivity index (χ2v) is 5.51. The van der Waals surface area contributed by atoms with Gasteiger partial charge in [-0.3, -0.25) is 4.57 Å². The van der Waals surface area contributed by atoms with Crippen LogP contribution in [-0.4, -0.2) is 33.7 Å². The van der Waals surface area contributed by atoms with Crippen molar-refractivity contribution in [3.8, 4) is 6.01 Å². The first-order valence-corrected chi connectivity index (χ1v) is 6.64. The first-order valence-electron chi connectivity index (χ1n) is 6.64. The monoisotopic (exact) mass is 288 g/mol. The number of imidazole rings is 1. The molecule has 2 aromatic rings. The molecule has 0 spiro atoms. The third kappa shape index (κ3) is 2.54. The number of hydrogen-bond donors (Lipinski definition) is 0. The van der Waals surface area contributed by atoms with Gasteiger partial charge >= 0.3 is 11.8 Å². The first-order chi connectivity index (χ1) is 9.97. The Morgan fingerprint density at radius 1 is 1.48 bits per heavy atom. The molecule has 0 saturated heterocycles. The maximum atomic E-state index is 10.7. The molecule has 1 atom stereocenters. The van der Waals surface area contributed by atoms with Gasteiger partial charge in [0, 0.05) is 17.7 Å². The molecule has 1 aromatic heterocycles. The normalized spacial score (nSPS) is 19.9. The van der Waals surface area contributed by atoms with Crippen LogP contribution in [0.5, 0.6) is 6.01 Å². The maximum absolute atomic E-state index is 10.7. The van der Waals surface area contributed by atoms with E-state index >= 15 is 0 Å². The molecule has 1 unspecified atom stereocenters. The standard InChI is InChI=1S/C14H16N4O3/c1-14(9-16(2)11-6-4-3-5-7-11)10-17-8-12(18(19)20)15-13(17)21-14/h3-8H,9-10H2,1-2H3. The van der Waals surface area contributed by atoms with Crippen LogP contribution in [0.4, 0.5) is 11.5 Å². The van der Waals surface area contributed by atoms with E-state index in [2.05, 4.69) is 9.88 Å². The molecular formula is C14H16N4O3. The maximum Gasteiger partial charge on any atom is 0.415 e. The van der Waals surface area contributed by atoms with E-state index < -0.39 is 10.5 Å². The van der Waals surface area contributed by atoms with Crippen LogP contribution in [0.3, 0.4) is 0 Å². The van der Waals surface area contributed by atoms with Gasteiger partial charge in [-0.25, -0.2) is 0 Å². The summed E-state index contributed by atoms with van der Waals surface area (Å²) in [5.41, 5.74) is 0.639. The van der Waals surface area contributed by atoms with Crippen molar-refractivity contribution in [2.75, 3.05) is 18.5 Å². The molecule has 0 N–H and O–H groups in total. The summed E-state index contributed by atoms with van der Waals surface area (Å²) in [6.45, 7) is 3.18. The number of hydrogen-bond acceptors (Lipinski definition) is 5. The Morgan fingerprint density at radius 2 is 2.19 bits per heavy atom. The molecule has 1 aromatic carbocycles. The van der Waals surface area contributed by atoms with Gasteiger partial charge in [0.2, 0.25) is 0 Å². The van der Waals surface area contributed by atoms with Gasteiger partial charge in [0.25, 0.3) is 0 Å². The lowest BCUT2D eigenvalue weighted by atomic mass is 10.1. The van der Waals surface area contributed by atoms with Crippen molar-refractivity contribution in [1.29, 1.82) is 0 Å². The van der Waals surface area contributed by atoms with Crippen LogP contribution < -0.4 is 9.64 Å². The van der Waals surface area contributed by atoms with Crippen LogP contribution in [0.15, 0.2) is 36.5 Å². The molecule has 7 heteroatoms. The third-order valence-electron chi connectivity index (χ3n) is 3.53. The molecule has 3 rings (SSSR count). The average Bonchev–Trinajstić information content (AvgIpc) is 2.94. The summed E-state index contributed by atoms with van der Waals surface area (Å²) in [7, 11) is 1.99. The average molecular weight is 288 g/mol. The molecule has 0 fully saturated rings. The molecule has 0 aliphatic carbocycles. The number of nitrogens with zero attached hydrogens (tertiary/aromatic N) is 4. The number of benzene rings is 1. The minimum Gasteiger partial charge on any atom is -0.436 e. The predicted molar refractivity (Wildman–Crippen MR) is 77.6 cm³/mol. The summed E-state index contributed by atoms with van der Waals surface area (Å²) in [5.74, 6) is -0.177. The zero-order valence-corrected chi connectivity index (χ0v) is 11.9. The van der Waals surface area contributed by atoms with Crippen LogP contribution in [0.25, 0.3) is 0 Å². The minimum atomic E-state index is -0.512. The van der Waals surface area contributed by atoms with Crippen molar-refractivity contribution in [3.63, 3.8) is 0 Å². The Balaban J connectivity index is 1.72. The highest BCUT2D eigenvalue weighted by Crippen LogP contribution is 2.32. The van der Waals surface area contributed by atoms with E-state index in [1.807, 2.05) is 44.3 Å². The van der Waals surface area contributed by atoms with Gasteiger partial charge in [-0.15, -0.1) is 0 Å². The van der Waals surface area contributed by atoms with E-state index in [1.165, 1.54) is 6.20 Å². The SMILES string of the molecule is CN(CC1(C)Cn2cc([N+](=O)[O-])nc2O1)c1ccccc1. The fourth-order valence-corrected chi connectivity index (χ4v) is 2.64. The van der Waals surface area contributed by atoms with Crippen LogP contribution in [-0.2, 0) is 6.54 Å². The Bertz CT molecular complexity index is 645. The van der Waals surface area contributed by atoms with E-state index in [0.29, 0.717) is 19.1 Å². The number of anilines is 1. The summed E-state index contributed by atoms with van der Waals surface area (Å²) in [5, 5.41) is 10.7. The van der Waals surface area contributed by atoms with Gasteiger partial charge in [-0.05, 0) is 24.0 Å². The van der Waals surface area contributed by atoms with Crippen molar-refractivity contribution < 1.29 is 9.66 Å². The van der Waals surface area contributed by atoms with E-state index in [4.69, 9.17) is 4.74 Å². The van der Waals surface area contributed by atoms with Crippen molar-refractivity contribution >= 4 is 11.5 Å². The predicted octanol–water partition coefficient (Wildman–Crippen LogP) is 2.08. The van der Waals surface area contributed by atoms with Crippen molar-refractivity contribution in [2.24, 2.45) is 0 Å². The number of aromatic nitrogens is 2. The highest BCUT2D eigenvalue weighted by Gasteiger charge is 2.41. The fraction of sp³-hybridized carbons (Fsp3) is 0.357. The summed E-state index contributed by atoms with van der Waals surface area (Å²) in [6, 6.07) is 10.3. The highest BCUT2D eigenvalue weighted by atomic mass is 16.6. The second-order valence-electron chi connectivity index (χ2n) is 5.51. The first kappa shape index (κ1) is 13.4. The largest absolute Gasteiger partial charge is 0.436 e. The number of nitro groups is 1. The molecule has 110 valence electrons. The molecule has 0 radical (unpaired) electrons. The molecule has 1 aliphatic heterocycles. The van der Waals surface area contributed by atoms with Crippen molar-refractivity contribution in [2.45, 2.75) is 19.1 Å². The molecule has 7 nitrogen and oxygen atoms in total. The zero-order valence-electron chi connectivity index (χ0n) is 11.9. The van der Waals surface area contributed by atoms with Crippen LogP contribution in [0, 0.1) is 10.1 Å². The number of rotatable bonds is 4. The third-order valence-corrected chi connectivity index (χ3v) is 3.53. The Morgan fingerprint density at radius 3 is 2.81 bits per heavy atom. The molecule has 1 aliphatic rings. The van der Waals surface area contributed by atoms with E-state index in [-0.39, 0.29) is 5.82 Å². The molecule has 0 saturated carbocycles. The Hall–Kier alpha value is -2.57. The van der Waals surface area contributed by atoms with Gasteiger partial charge in [-0.2, -0.15) is 0 Å². The molecule has 0 bridgehead atoms. The lowest BCUT2D eigenvalue weighted by Gasteiger charge is -2.29. The Kier molecular flexibility index (Phi) is 3.04.